The Kier molecular flexibility index (Phi) is 2.54. The van der Waals surface area contributed by atoms with E-state index >= 15 is 0 Å². The maximum atomic E-state index is 13.3. The molecule has 0 aliphatic heterocycles. The first-order valence-corrected chi connectivity index (χ1v) is 5.34. The van der Waals surface area contributed by atoms with Crippen molar-refractivity contribution in [2.24, 2.45) is 5.73 Å². The van der Waals surface area contributed by atoms with Crippen molar-refractivity contribution in [1.82, 2.24) is 0 Å². The summed E-state index contributed by atoms with van der Waals surface area (Å²) in [6.45, 7) is 1.91. The summed E-state index contributed by atoms with van der Waals surface area (Å²) >= 11 is 0. The first-order chi connectivity index (χ1) is 7.51. The maximum Gasteiger partial charge on any atom is 0.168 e. The van der Waals surface area contributed by atoms with Crippen molar-refractivity contribution in [3.63, 3.8) is 0 Å². The molecular formula is C12H16FNO2. The zero-order valence-corrected chi connectivity index (χ0v) is 9.46. The van der Waals surface area contributed by atoms with Gasteiger partial charge in [0.05, 0.1) is 7.11 Å². The molecule has 1 aliphatic carbocycles. The highest BCUT2D eigenvalue weighted by atomic mass is 19.1. The SMILES string of the molecule is COc1cc(C2(C(C)N)CC2)c(O)cc1F. The molecule has 0 bridgehead atoms. The molecule has 0 radical (unpaired) electrons. The lowest BCUT2D eigenvalue weighted by Gasteiger charge is -2.21. The average molecular weight is 225 g/mol. The van der Waals surface area contributed by atoms with Gasteiger partial charge in [0, 0.05) is 23.1 Å². The molecule has 1 atom stereocenters. The summed E-state index contributed by atoms with van der Waals surface area (Å²) in [6.07, 6.45) is 1.85. The first-order valence-electron chi connectivity index (χ1n) is 5.34. The van der Waals surface area contributed by atoms with Gasteiger partial charge in [-0.3, -0.25) is 0 Å². The third-order valence-corrected chi connectivity index (χ3v) is 3.47. The molecule has 0 amide bonds. The van der Waals surface area contributed by atoms with Crippen LogP contribution < -0.4 is 10.5 Å². The predicted octanol–water partition coefficient (Wildman–Crippen LogP) is 1.92. The molecule has 1 aliphatic rings. The van der Waals surface area contributed by atoms with Crippen LogP contribution in [0, 0.1) is 5.82 Å². The molecular weight excluding hydrogens is 209 g/mol. The lowest BCUT2D eigenvalue weighted by molar-refractivity contribution is 0.377. The van der Waals surface area contributed by atoms with Gasteiger partial charge < -0.3 is 15.6 Å². The molecule has 3 N–H and O–H groups in total. The Morgan fingerprint density at radius 3 is 2.56 bits per heavy atom. The number of hydrogen-bond acceptors (Lipinski definition) is 3. The lowest BCUT2D eigenvalue weighted by Crippen LogP contribution is -2.31. The van der Waals surface area contributed by atoms with Crippen LogP contribution in [0.1, 0.15) is 25.3 Å². The quantitative estimate of drug-likeness (QED) is 0.826. The maximum absolute atomic E-state index is 13.3. The Morgan fingerprint density at radius 2 is 2.12 bits per heavy atom. The Hall–Kier alpha value is -1.29. The van der Waals surface area contributed by atoms with E-state index in [9.17, 15) is 9.50 Å². The van der Waals surface area contributed by atoms with Gasteiger partial charge in [-0.05, 0) is 25.8 Å². The van der Waals surface area contributed by atoms with Crippen molar-refractivity contribution < 1.29 is 14.2 Å². The summed E-state index contributed by atoms with van der Waals surface area (Å²) < 4.78 is 18.2. The monoisotopic (exact) mass is 225 g/mol. The largest absolute Gasteiger partial charge is 0.508 e. The number of aromatic hydroxyl groups is 1. The molecule has 4 heteroatoms. The van der Waals surface area contributed by atoms with Crippen molar-refractivity contribution in [3.8, 4) is 11.5 Å². The second-order valence-electron chi connectivity index (χ2n) is 4.45. The smallest absolute Gasteiger partial charge is 0.168 e. The average Bonchev–Trinajstić information content (AvgIpc) is 2.99. The minimum absolute atomic E-state index is 0.0342. The number of methoxy groups -OCH3 is 1. The zero-order valence-electron chi connectivity index (χ0n) is 9.46. The molecule has 1 aromatic rings. The third kappa shape index (κ3) is 1.53. The van der Waals surface area contributed by atoms with Crippen molar-refractivity contribution in [2.75, 3.05) is 7.11 Å². The second kappa shape index (κ2) is 3.63. The Labute approximate surface area is 94.0 Å². The van der Waals surface area contributed by atoms with Crippen molar-refractivity contribution in [1.29, 1.82) is 0 Å². The van der Waals surface area contributed by atoms with Crippen molar-refractivity contribution in [2.45, 2.75) is 31.2 Å². The number of rotatable bonds is 3. The molecule has 1 saturated carbocycles. The molecule has 0 heterocycles. The van der Waals surface area contributed by atoms with E-state index in [4.69, 9.17) is 10.5 Å². The summed E-state index contributed by atoms with van der Waals surface area (Å²) in [5.74, 6) is -0.433. The normalized spacial score (nSPS) is 19.2. The van der Waals surface area contributed by atoms with Crippen LogP contribution in [0.3, 0.4) is 0 Å². The van der Waals surface area contributed by atoms with E-state index in [1.54, 1.807) is 6.07 Å². The van der Waals surface area contributed by atoms with Gasteiger partial charge >= 0.3 is 0 Å². The van der Waals surface area contributed by atoms with Crippen LogP contribution in [0.15, 0.2) is 12.1 Å². The number of ether oxygens (including phenoxy) is 1. The predicted molar refractivity (Wildman–Crippen MR) is 59.2 cm³/mol. The molecule has 1 unspecified atom stereocenters. The fourth-order valence-electron chi connectivity index (χ4n) is 2.20. The zero-order chi connectivity index (χ0) is 11.9. The number of phenolic OH excluding ortho intramolecular Hbond substituents is 1. The van der Waals surface area contributed by atoms with Gasteiger partial charge in [0.15, 0.2) is 11.6 Å². The van der Waals surface area contributed by atoms with E-state index in [1.165, 1.54) is 7.11 Å². The summed E-state index contributed by atoms with van der Waals surface area (Å²) in [5.41, 5.74) is 6.41. The molecule has 1 aromatic carbocycles. The van der Waals surface area contributed by atoms with Gasteiger partial charge in [-0.2, -0.15) is 0 Å². The Balaban J connectivity index is 2.49. The van der Waals surface area contributed by atoms with E-state index in [-0.39, 0.29) is 23.0 Å². The van der Waals surface area contributed by atoms with Gasteiger partial charge in [0.2, 0.25) is 0 Å². The highest BCUT2D eigenvalue weighted by Gasteiger charge is 2.49. The fourth-order valence-corrected chi connectivity index (χ4v) is 2.20. The third-order valence-electron chi connectivity index (χ3n) is 3.47. The van der Waals surface area contributed by atoms with Crippen LogP contribution in [0.25, 0.3) is 0 Å². The molecule has 2 rings (SSSR count). The highest BCUT2D eigenvalue weighted by Crippen LogP contribution is 2.53. The summed E-state index contributed by atoms with van der Waals surface area (Å²) in [5, 5.41) is 9.78. The van der Waals surface area contributed by atoms with Gasteiger partial charge in [-0.15, -0.1) is 0 Å². The number of phenols is 1. The van der Waals surface area contributed by atoms with Gasteiger partial charge in [0.1, 0.15) is 5.75 Å². The Bertz CT molecular complexity index is 414. The topological polar surface area (TPSA) is 55.5 Å². The van der Waals surface area contributed by atoms with Crippen LogP contribution in [-0.2, 0) is 5.41 Å². The summed E-state index contributed by atoms with van der Waals surface area (Å²) in [4.78, 5) is 0. The van der Waals surface area contributed by atoms with E-state index < -0.39 is 5.82 Å². The van der Waals surface area contributed by atoms with Crippen LogP contribution >= 0.6 is 0 Å². The molecule has 3 nitrogen and oxygen atoms in total. The van der Waals surface area contributed by atoms with E-state index in [0.717, 1.165) is 18.9 Å². The van der Waals surface area contributed by atoms with E-state index in [1.807, 2.05) is 6.92 Å². The standard InChI is InChI=1S/C12H16FNO2/c1-7(14)12(3-4-12)8-5-11(16-2)9(13)6-10(8)15/h5-7,15H,3-4,14H2,1-2H3. The number of hydrogen-bond donors (Lipinski definition) is 2. The molecule has 16 heavy (non-hydrogen) atoms. The minimum atomic E-state index is -0.552. The van der Waals surface area contributed by atoms with Crippen molar-refractivity contribution >= 4 is 0 Å². The number of nitrogens with two attached hydrogens (primary N) is 1. The number of halogens is 1. The molecule has 0 saturated heterocycles. The van der Waals surface area contributed by atoms with E-state index in [2.05, 4.69) is 0 Å². The van der Waals surface area contributed by atoms with Crippen LogP contribution in [0.2, 0.25) is 0 Å². The lowest BCUT2D eigenvalue weighted by atomic mass is 9.88. The van der Waals surface area contributed by atoms with Crippen LogP contribution in [0.4, 0.5) is 4.39 Å². The minimum Gasteiger partial charge on any atom is -0.508 e. The van der Waals surface area contributed by atoms with Crippen LogP contribution in [0.5, 0.6) is 11.5 Å². The molecule has 1 fully saturated rings. The fraction of sp³-hybridized carbons (Fsp3) is 0.500. The van der Waals surface area contributed by atoms with Crippen LogP contribution in [-0.4, -0.2) is 18.3 Å². The summed E-state index contributed by atoms with van der Waals surface area (Å²) in [6, 6.07) is 2.59. The molecule has 88 valence electrons. The molecule has 0 aromatic heterocycles. The van der Waals surface area contributed by atoms with E-state index in [0.29, 0.717) is 5.56 Å². The van der Waals surface area contributed by atoms with Gasteiger partial charge in [0.25, 0.3) is 0 Å². The van der Waals surface area contributed by atoms with Crippen molar-refractivity contribution in [3.05, 3.63) is 23.5 Å². The Morgan fingerprint density at radius 1 is 1.50 bits per heavy atom. The molecule has 0 spiro atoms. The number of benzene rings is 1. The summed E-state index contributed by atoms with van der Waals surface area (Å²) in [7, 11) is 1.41. The van der Waals surface area contributed by atoms with Gasteiger partial charge in [-0.1, -0.05) is 0 Å². The highest BCUT2D eigenvalue weighted by molar-refractivity contribution is 5.48. The first kappa shape index (κ1) is 11.2. The van der Waals surface area contributed by atoms with Gasteiger partial charge in [-0.25, -0.2) is 4.39 Å². The second-order valence-corrected chi connectivity index (χ2v) is 4.45.